The molecule has 1 saturated heterocycles. The molecule has 4 rings (SSSR count). The summed E-state index contributed by atoms with van der Waals surface area (Å²) in [6.45, 7) is 7.38. The van der Waals surface area contributed by atoms with Gasteiger partial charge in [-0.15, -0.1) is 0 Å². The molecule has 0 radical (unpaired) electrons. The summed E-state index contributed by atoms with van der Waals surface area (Å²) in [5.41, 5.74) is 0.539. The molecule has 0 aliphatic carbocycles. The molecule has 11 heteroatoms. The predicted octanol–water partition coefficient (Wildman–Crippen LogP) is 5.07. The molecular weight excluding hydrogens is 459 g/mol. The van der Waals surface area contributed by atoms with E-state index in [1.54, 1.807) is 25.1 Å². The van der Waals surface area contributed by atoms with Crippen LogP contribution in [0, 0.1) is 5.92 Å². The van der Waals surface area contributed by atoms with Crippen molar-refractivity contribution in [2.75, 3.05) is 10.2 Å². The molecule has 1 aliphatic rings. The van der Waals surface area contributed by atoms with Crippen LogP contribution < -0.4 is 15.5 Å². The Hall–Kier alpha value is -3.76. The minimum Gasteiger partial charge on any atom is -0.346 e. The van der Waals surface area contributed by atoms with Gasteiger partial charge in [0.15, 0.2) is 0 Å². The molecule has 0 bridgehead atoms. The van der Waals surface area contributed by atoms with Crippen molar-refractivity contribution in [3.8, 4) is 11.1 Å². The lowest BCUT2D eigenvalue weighted by molar-refractivity contribution is -0.141. The average Bonchev–Trinajstić information content (AvgIpc) is 3.07. The van der Waals surface area contributed by atoms with Crippen molar-refractivity contribution in [2.24, 2.45) is 5.92 Å². The lowest BCUT2D eigenvalue weighted by Gasteiger charge is -2.27. The van der Waals surface area contributed by atoms with Crippen LogP contribution in [0.3, 0.4) is 0 Å². The molecule has 1 aliphatic heterocycles. The van der Waals surface area contributed by atoms with E-state index < -0.39 is 30.0 Å². The van der Waals surface area contributed by atoms with Crippen LogP contribution >= 0.6 is 0 Å². The number of rotatable bonds is 6. The van der Waals surface area contributed by atoms with E-state index in [9.17, 15) is 18.0 Å². The SMILES string of the molecule is [2H]C1(C)NC(=O)N(c2ccnc(N[C@@H](C)c3ccc(-c4ccnc(C(F)(F)F)c4)cn3)n2)[C@H]1C(C)C. The van der Waals surface area contributed by atoms with Gasteiger partial charge in [-0.2, -0.15) is 18.2 Å². The van der Waals surface area contributed by atoms with Gasteiger partial charge in [0, 0.05) is 30.2 Å². The molecule has 3 aromatic heterocycles. The minimum atomic E-state index is -4.53. The van der Waals surface area contributed by atoms with Gasteiger partial charge < -0.3 is 10.6 Å². The fourth-order valence-electron chi connectivity index (χ4n) is 4.09. The second-order valence-corrected chi connectivity index (χ2v) is 8.68. The van der Waals surface area contributed by atoms with Crippen LogP contribution in [0.2, 0.25) is 0 Å². The fraction of sp³-hybridized carbons (Fsp3) is 0.375. The molecule has 0 aromatic carbocycles. The standard InChI is InChI=1S/C24H26F3N7O/c1-13(2)21-15(4)32-23(35)34(21)20-8-10-29-22(33-20)31-14(3)18-6-5-17(12-30-18)16-7-9-28-19(11-16)24(25,26)27/h5-15,21H,1-4H3,(H,32,35)(H,29,31,33)/t14-,15?,21-/m0/s1/i15D. The van der Waals surface area contributed by atoms with Gasteiger partial charge in [0.05, 0.1) is 19.1 Å². The van der Waals surface area contributed by atoms with Crippen molar-refractivity contribution in [1.29, 1.82) is 0 Å². The molecule has 1 unspecified atom stereocenters. The van der Waals surface area contributed by atoms with Crippen molar-refractivity contribution in [3.05, 3.63) is 60.3 Å². The van der Waals surface area contributed by atoms with E-state index in [1.165, 1.54) is 23.4 Å². The van der Waals surface area contributed by atoms with Gasteiger partial charge in [0.2, 0.25) is 5.95 Å². The Morgan fingerprint density at radius 3 is 2.49 bits per heavy atom. The van der Waals surface area contributed by atoms with Crippen LogP contribution in [0.25, 0.3) is 11.1 Å². The topological polar surface area (TPSA) is 95.9 Å². The van der Waals surface area contributed by atoms with Gasteiger partial charge in [-0.05, 0) is 49.6 Å². The zero-order valence-electron chi connectivity index (χ0n) is 20.6. The summed E-state index contributed by atoms with van der Waals surface area (Å²) in [4.78, 5) is 30.6. The maximum atomic E-state index is 13.0. The van der Waals surface area contributed by atoms with E-state index in [1.807, 2.05) is 20.8 Å². The first-order chi connectivity index (χ1) is 16.9. The van der Waals surface area contributed by atoms with E-state index in [-0.39, 0.29) is 17.9 Å². The summed E-state index contributed by atoms with van der Waals surface area (Å²) in [6, 6.07) is 5.15. The Bertz CT molecular complexity index is 1250. The lowest BCUT2D eigenvalue weighted by atomic mass is 9.98. The predicted molar refractivity (Wildman–Crippen MR) is 126 cm³/mol. The van der Waals surface area contributed by atoms with Crippen LogP contribution in [0.15, 0.2) is 48.9 Å². The van der Waals surface area contributed by atoms with E-state index in [2.05, 4.69) is 30.6 Å². The monoisotopic (exact) mass is 486 g/mol. The van der Waals surface area contributed by atoms with E-state index in [4.69, 9.17) is 1.37 Å². The third kappa shape index (κ3) is 5.18. The number of nitrogens with one attached hydrogen (secondary N) is 2. The number of aromatic nitrogens is 4. The van der Waals surface area contributed by atoms with Crippen molar-refractivity contribution >= 4 is 17.8 Å². The van der Waals surface area contributed by atoms with Crippen molar-refractivity contribution in [2.45, 2.75) is 52.0 Å². The van der Waals surface area contributed by atoms with Crippen LogP contribution in [-0.2, 0) is 6.18 Å². The highest BCUT2D eigenvalue weighted by Crippen LogP contribution is 2.31. The number of amides is 2. The summed E-state index contributed by atoms with van der Waals surface area (Å²) in [7, 11) is 0. The number of pyridine rings is 2. The summed E-state index contributed by atoms with van der Waals surface area (Å²) >= 11 is 0. The molecule has 2 N–H and O–H groups in total. The molecule has 0 spiro atoms. The van der Waals surface area contributed by atoms with E-state index in [0.29, 0.717) is 22.6 Å². The van der Waals surface area contributed by atoms with Gasteiger partial charge in [0.1, 0.15) is 11.5 Å². The molecule has 1 fully saturated rings. The van der Waals surface area contributed by atoms with Gasteiger partial charge in [-0.3, -0.25) is 14.9 Å². The second kappa shape index (κ2) is 9.47. The number of anilines is 2. The first-order valence-corrected chi connectivity index (χ1v) is 11.1. The van der Waals surface area contributed by atoms with E-state index in [0.717, 1.165) is 12.3 Å². The molecule has 8 nitrogen and oxygen atoms in total. The number of carbonyl (C=O) groups is 1. The highest BCUT2D eigenvalue weighted by atomic mass is 19.4. The molecule has 3 aromatic rings. The minimum absolute atomic E-state index is 0.00655. The first kappa shape index (κ1) is 23.0. The Kier molecular flexibility index (Phi) is 6.23. The zero-order chi connectivity index (χ0) is 26.3. The van der Waals surface area contributed by atoms with Gasteiger partial charge in [-0.25, -0.2) is 9.78 Å². The quantitative estimate of drug-likeness (QED) is 0.505. The number of alkyl halides is 3. The number of carbonyl (C=O) groups excluding carboxylic acids is 1. The van der Waals surface area contributed by atoms with Crippen molar-refractivity contribution < 1.29 is 19.3 Å². The molecule has 35 heavy (non-hydrogen) atoms. The first-order valence-electron chi connectivity index (χ1n) is 11.6. The zero-order valence-corrected chi connectivity index (χ0v) is 19.6. The summed E-state index contributed by atoms with van der Waals surface area (Å²) in [6.07, 6.45) is -0.383. The third-order valence-corrected chi connectivity index (χ3v) is 5.72. The Morgan fingerprint density at radius 2 is 1.83 bits per heavy atom. The van der Waals surface area contributed by atoms with E-state index >= 15 is 0 Å². The number of nitrogens with zero attached hydrogens (tertiary/aromatic N) is 5. The summed E-state index contributed by atoms with van der Waals surface area (Å²) in [5, 5.41) is 5.83. The third-order valence-electron chi connectivity index (χ3n) is 5.72. The Balaban J connectivity index is 1.51. The highest BCUT2D eigenvalue weighted by molar-refractivity contribution is 5.94. The molecule has 4 heterocycles. The van der Waals surface area contributed by atoms with Crippen LogP contribution in [0.1, 0.15) is 46.5 Å². The summed E-state index contributed by atoms with van der Waals surface area (Å²) in [5.74, 6) is 0.643. The second-order valence-electron chi connectivity index (χ2n) is 8.68. The maximum Gasteiger partial charge on any atom is 0.433 e. The number of urea groups is 1. The smallest absolute Gasteiger partial charge is 0.346 e. The van der Waals surface area contributed by atoms with Crippen molar-refractivity contribution in [1.82, 2.24) is 25.3 Å². The maximum absolute atomic E-state index is 13.0. The number of halogens is 3. The van der Waals surface area contributed by atoms with Gasteiger partial charge >= 0.3 is 12.2 Å². The lowest BCUT2D eigenvalue weighted by Crippen LogP contribution is -2.40. The Morgan fingerprint density at radius 1 is 1.09 bits per heavy atom. The molecule has 0 saturated carbocycles. The number of hydrogen-bond donors (Lipinski definition) is 2. The van der Waals surface area contributed by atoms with Crippen molar-refractivity contribution in [3.63, 3.8) is 0 Å². The van der Waals surface area contributed by atoms with Crippen LogP contribution in [0.4, 0.5) is 29.7 Å². The molecule has 184 valence electrons. The molecule has 2 amide bonds. The Labute approximate surface area is 202 Å². The highest BCUT2D eigenvalue weighted by Gasteiger charge is 2.40. The largest absolute Gasteiger partial charge is 0.433 e. The normalized spacial score (nSPS) is 21.6. The average molecular weight is 487 g/mol. The molecule has 3 atom stereocenters. The summed E-state index contributed by atoms with van der Waals surface area (Å²) < 4.78 is 47.4. The van der Waals surface area contributed by atoms with Crippen LogP contribution in [0.5, 0.6) is 0 Å². The van der Waals surface area contributed by atoms with Gasteiger partial charge in [0.25, 0.3) is 0 Å². The number of hydrogen-bond acceptors (Lipinski definition) is 6. The van der Waals surface area contributed by atoms with Gasteiger partial charge in [-0.1, -0.05) is 19.9 Å². The fourth-order valence-corrected chi connectivity index (χ4v) is 4.09. The van der Waals surface area contributed by atoms with Crippen LogP contribution in [-0.4, -0.2) is 38.0 Å². The molecular formula is C24H26F3N7O.